The molecule has 0 radical (unpaired) electrons. The number of nitrogens with zero attached hydrogens (tertiary/aromatic N) is 1. The molecule has 37 heavy (non-hydrogen) atoms. The van der Waals surface area contributed by atoms with Crippen LogP contribution < -0.4 is 5.73 Å². The number of primary amides is 1. The zero-order chi connectivity index (χ0) is 27.1. The van der Waals surface area contributed by atoms with Gasteiger partial charge in [0.05, 0.1) is 23.6 Å². The molecule has 4 aliphatic carbocycles. The third-order valence-corrected chi connectivity index (χ3v) is 8.52. The van der Waals surface area contributed by atoms with Crippen LogP contribution in [0.3, 0.4) is 0 Å². The van der Waals surface area contributed by atoms with E-state index in [2.05, 4.69) is 0 Å². The standard InChI is InChI=1S/C27H30N2O8/c1-10-12-8-9-13(11-6-4-5-7-11)20(30)15(12)21(31)16-14(10)22(32)18-19(29(2)3)23(33)17(26(28)36)25(35)27(18,37)24(16)34/h6,8-10,14,18-19,22,30,32-34,37H,4-5,7H2,1-3H3,(H2,28,36)/t10-,14+,18+,19-,22-,27-/m0/s1. The van der Waals surface area contributed by atoms with Crippen molar-refractivity contribution in [2.24, 2.45) is 17.6 Å². The number of amides is 1. The molecule has 0 saturated carbocycles. The van der Waals surface area contributed by atoms with E-state index in [1.165, 1.54) is 19.0 Å². The minimum Gasteiger partial charge on any atom is -0.510 e. The molecule has 6 atom stereocenters. The summed E-state index contributed by atoms with van der Waals surface area (Å²) in [5.41, 5.74) is 2.89. The zero-order valence-corrected chi connectivity index (χ0v) is 20.7. The number of phenolic OH excluding ortho intramolecular Hbond substituents is 1. The number of allylic oxidation sites excluding steroid dienone is 2. The van der Waals surface area contributed by atoms with Gasteiger partial charge in [-0.2, -0.15) is 0 Å². The number of ketones is 2. The Hall–Kier alpha value is -3.47. The molecule has 0 aliphatic heterocycles. The first-order chi connectivity index (χ1) is 17.3. The maximum atomic E-state index is 13.9. The van der Waals surface area contributed by atoms with Gasteiger partial charge in [-0.1, -0.05) is 25.1 Å². The second-order valence-corrected chi connectivity index (χ2v) is 10.6. The van der Waals surface area contributed by atoms with Gasteiger partial charge in [-0.25, -0.2) is 0 Å². The van der Waals surface area contributed by atoms with Gasteiger partial charge in [0, 0.05) is 17.1 Å². The molecule has 1 aromatic carbocycles. The molecular weight excluding hydrogens is 480 g/mol. The lowest BCUT2D eigenvalue weighted by molar-refractivity contribution is -0.162. The first-order valence-corrected chi connectivity index (χ1v) is 12.2. The first kappa shape index (κ1) is 25.2. The molecule has 0 bridgehead atoms. The van der Waals surface area contributed by atoms with Crippen LogP contribution >= 0.6 is 0 Å². The van der Waals surface area contributed by atoms with Crippen LogP contribution in [0.5, 0.6) is 5.75 Å². The Labute approximate surface area is 213 Å². The van der Waals surface area contributed by atoms with Crippen molar-refractivity contribution in [1.29, 1.82) is 0 Å². The summed E-state index contributed by atoms with van der Waals surface area (Å²) in [6.07, 6.45) is 2.89. The zero-order valence-electron chi connectivity index (χ0n) is 20.7. The molecule has 1 amide bonds. The van der Waals surface area contributed by atoms with E-state index in [0.717, 1.165) is 24.8 Å². The van der Waals surface area contributed by atoms with Gasteiger partial charge in [0.15, 0.2) is 11.4 Å². The van der Waals surface area contributed by atoms with Crippen molar-refractivity contribution in [1.82, 2.24) is 4.90 Å². The van der Waals surface area contributed by atoms with Crippen LogP contribution in [-0.4, -0.2) is 79.7 Å². The first-order valence-electron chi connectivity index (χ1n) is 12.2. The van der Waals surface area contributed by atoms with Crippen LogP contribution in [0.15, 0.2) is 40.9 Å². The number of hydrogen-bond donors (Lipinski definition) is 6. The lowest BCUT2D eigenvalue weighted by Gasteiger charge is -2.53. The van der Waals surface area contributed by atoms with Crippen LogP contribution in [0.1, 0.15) is 53.6 Å². The minimum absolute atomic E-state index is 0.0641. The Morgan fingerprint density at radius 3 is 2.41 bits per heavy atom. The fourth-order valence-corrected chi connectivity index (χ4v) is 6.80. The Morgan fingerprint density at radius 1 is 1.16 bits per heavy atom. The monoisotopic (exact) mass is 510 g/mol. The topological polar surface area (TPSA) is 182 Å². The van der Waals surface area contributed by atoms with E-state index in [9.17, 15) is 39.9 Å². The highest BCUT2D eigenvalue weighted by atomic mass is 16.4. The van der Waals surface area contributed by atoms with Crippen molar-refractivity contribution < 1.29 is 39.9 Å². The summed E-state index contributed by atoms with van der Waals surface area (Å²) in [6.45, 7) is 1.71. The number of aliphatic hydroxyl groups excluding tert-OH is 3. The van der Waals surface area contributed by atoms with E-state index < -0.39 is 75.6 Å². The number of phenols is 1. The van der Waals surface area contributed by atoms with Gasteiger partial charge in [-0.05, 0) is 50.4 Å². The van der Waals surface area contributed by atoms with Gasteiger partial charge in [0.25, 0.3) is 5.91 Å². The lowest BCUT2D eigenvalue weighted by Crippen LogP contribution is -2.68. The molecule has 1 aromatic rings. The largest absolute Gasteiger partial charge is 0.510 e. The van der Waals surface area contributed by atoms with E-state index in [-0.39, 0.29) is 11.3 Å². The number of likely N-dealkylation sites (N-methyl/N-ethyl adjacent to an activating group) is 1. The third-order valence-electron chi connectivity index (χ3n) is 8.52. The van der Waals surface area contributed by atoms with E-state index in [1.807, 2.05) is 6.08 Å². The Bertz CT molecular complexity index is 1360. The summed E-state index contributed by atoms with van der Waals surface area (Å²) in [7, 11) is 3.00. The number of nitrogens with two attached hydrogens (primary N) is 1. The van der Waals surface area contributed by atoms with E-state index >= 15 is 0 Å². The third kappa shape index (κ3) is 3.12. The number of carbonyl (C=O) groups excluding carboxylic acids is 3. The van der Waals surface area contributed by atoms with Gasteiger partial charge in [-0.3, -0.25) is 19.3 Å². The molecule has 196 valence electrons. The predicted molar refractivity (Wildman–Crippen MR) is 132 cm³/mol. The quantitative estimate of drug-likeness (QED) is 0.326. The normalized spacial score (nSPS) is 33.4. The predicted octanol–water partition coefficient (Wildman–Crippen LogP) is 1.22. The fraction of sp³-hybridized carbons (Fsp3) is 0.444. The maximum absolute atomic E-state index is 13.9. The summed E-state index contributed by atoms with van der Waals surface area (Å²) >= 11 is 0. The van der Waals surface area contributed by atoms with E-state index in [1.54, 1.807) is 19.1 Å². The van der Waals surface area contributed by atoms with E-state index in [0.29, 0.717) is 11.1 Å². The highest BCUT2D eigenvalue weighted by molar-refractivity contribution is 6.25. The summed E-state index contributed by atoms with van der Waals surface area (Å²) in [6, 6.07) is 2.17. The molecular formula is C27H30N2O8. The molecule has 10 heteroatoms. The Morgan fingerprint density at radius 2 is 1.84 bits per heavy atom. The van der Waals surface area contributed by atoms with E-state index in [4.69, 9.17) is 5.73 Å². The van der Waals surface area contributed by atoms with Crippen LogP contribution in [0, 0.1) is 11.8 Å². The molecule has 5 rings (SSSR count). The number of carbonyl (C=O) groups is 3. The molecule has 7 N–H and O–H groups in total. The van der Waals surface area contributed by atoms with Crippen molar-refractivity contribution in [2.75, 3.05) is 14.1 Å². The smallest absolute Gasteiger partial charge is 0.255 e. The Balaban J connectivity index is 1.77. The van der Waals surface area contributed by atoms with Crippen molar-refractivity contribution in [3.63, 3.8) is 0 Å². The van der Waals surface area contributed by atoms with Crippen molar-refractivity contribution in [3.05, 3.63) is 57.6 Å². The summed E-state index contributed by atoms with van der Waals surface area (Å²) in [4.78, 5) is 40.8. The average molecular weight is 511 g/mol. The number of fused-ring (bicyclic) bond motifs is 3. The molecule has 0 heterocycles. The van der Waals surface area contributed by atoms with Crippen LogP contribution in [0.25, 0.3) is 5.57 Å². The number of benzene rings is 1. The second-order valence-electron chi connectivity index (χ2n) is 10.6. The highest BCUT2D eigenvalue weighted by Gasteiger charge is 2.67. The summed E-state index contributed by atoms with van der Waals surface area (Å²) < 4.78 is 0. The van der Waals surface area contributed by atoms with Crippen molar-refractivity contribution in [2.45, 2.75) is 49.9 Å². The molecule has 0 unspecified atom stereocenters. The maximum Gasteiger partial charge on any atom is 0.255 e. The fourth-order valence-electron chi connectivity index (χ4n) is 6.80. The van der Waals surface area contributed by atoms with Gasteiger partial charge >= 0.3 is 0 Å². The molecule has 0 saturated heterocycles. The molecule has 0 aromatic heterocycles. The van der Waals surface area contributed by atoms with Gasteiger partial charge in [0.2, 0.25) is 5.78 Å². The number of aromatic hydroxyl groups is 1. The molecule has 0 spiro atoms. The molecule has 10 nitrogen and oxygen atoms in total. The van der Waals surface area contributed by atoms with Crippen LogP contribution in [-0.2, 0) is 9.59 Å². The van der Waals surface area contributed by atoms with Crippen LogP contribution in [0.2, 0.25) is 0 Å². The number of hydrogen-bond acceptors (Lipinski definition) is 9. The summed E-state index contributed by atoms with van der Waals surface area (Å²) in [5, 5.41) is 56.8. The second kappa shape index (κ2) is 8.27. The number of aliphatic hydroxyl groups is 4. The number of Topliss-reactive ketones (excluding diaryl/α,β-unsaturated/α-hetero) is 2. The van der Waals surface area contributed by atoms with Gasteiger partial charge in [0.1, 0.15) is 22.8 Å². The summed E-state index contributed by atoms with van der Waals surface area (Å²) in [5.74, 6) is -8.77. The average Bonchev–Trinajstić information content (AvgIpc) is 3.35. The highest BCUT2D eigenvalue weighted by Crippen LogP contribution is 2.56. The lowest BCUT2D eigenvalue weighted by atomic mass is 9.55. The molecule has 0 fully saturated rings. The van der Waals surface area contributed by atoms with Crippen molar-refractivity contribution in [3.8, 4) is 5.75 Å². The number of rotatable bonds is 3. The SMILES string of the molecule is C[C@H]1c2ccc(C3=CCCC3)c(O)c2C(=O)C2=C(O)[C@]3(O)C(=O)C(C(N)=O)=C(O)[C@@H](N(C)C)[C@@H]3[C@@H](O)[C@@H]21. The Kier molecular flexibility index (Phi) is 5.63. The van der Waals surface area contributed by atoms with Crippen molar-refractivity contribution >= 4 is 23.0 Å². The minimum atomic E-state index is -2.91. The molecule has 4 aliphatic rings. The van der Waals surface area contributed by atoms with Gasteiger partial charge < -0.3 is 31.3 Å². The van der Waals surface area contributed by atoms with Gasteiger partial charge in [-0.15, -0.1) is 0 Å². The van der Waals surface area contributed by atoms with Crippen LogP contribution in [0.4, 0.5) is 0 Å².